The molecule has 0 heterocycles. The van der Waals surface area contributed by atoms with Gasteiger partial charge < -0.3 is 19.9 Å². The van der Waals surface area contributed by atoms with E-state index < -0.39 is 40.8 Å². The van der Waals surface area contributed by atoms with E-state index in [4.69, 9.17) is 14.6 Å². The molecule has 0 aliphatic carbocycles. The van der Waals surface area contributed by atoms with Gasteiger partial charge in [0.05, 0.1) is 6.61 Å². The number of hydrogen-bond donors (Lipinski definition) is 2. The minimum Gasteiger partial charge on any atom is -0.480 e. The monoisotopic (exact) mass is 481 g/mol. The summed E-state index contributed by atoms with van der Waals surface area (Å²) in [6, 6.07) is 5.52. The minimum absolute atomic E-state index is 0.0211. The molecule has 0 fully saturated rings. The maximum absolute atomic E-state index is 14.2. The summed E-state index contributed by atoms with van der Waals surface area (Å²) in [5.74, 6) is -4.86. The van der Waals surface area contributed by atoms with Gasteiger partial charge in [-0.3, -0.25) is 4.79 Å². The third-order valence-electron chi connectivity index (χ3n) is 4.12. The van der Waals surface area contributed by atoms with Crippen molar-refractivity contribution in [2.45, 2.75) is 26.3 Å². The number of amides is 1. The minimum atomic E-state index is -1.33. The van der Waals surface area contributed by atoms with Gasteiger partial charge in [0.1, 0.15) is 29.0 Å². The second-order valence-electron chi connectivity index (χ2n) is 6.73. The number of aliphatic carboxylic acids is 1. The van der Waals surface area contributed by atoms with E-state index in [1.807, 2.05) is 0 Å². The zero-order chi connectivity index (χ0) is 24.5. The molecular weight excluding hydrogens is 460 g/mol. The Hall–Kier alpha value is -3.47. The molecule has 2 aromatic carbocycles. The lowest BCUT2D eigenvalue weighted by molar-refractivity contribution is -0.140. The van der Waals surface area contributed by atoms with Gasteiger partial charge in [-0.1, -0.05) is 13.0 Å². The van der Waals surface area contributed by atoms with E-state index in [2.05, 4.69) is 5.32 Å². The Kier molecular flexibility index (Phi) is 9.34. The van der Waals surface area contributed by atoms with Crippen LogP contribution in [0.4, 0.5) is 13.6 Å². The van der Waals surface area contributed by atoms with Crippen LogP contribution in [0.2, 0.25) is 0 Å². The Morgan fingerprint density at radius 3 is 2.45 bits per heavy atom. The third kappa shape index (κ3) is 7.56. The fourth-order valence-corrected chi connectivity index (χ4v) is 3.31. The number of carboxylic acid groups (broad SMARTS) is 1. The first-order valence-electron chi connectivity index (χ1n) is 9.73. The van der Waals surface area contributed by atoms with E-state index >= 15 is 0 Å². The van der Waals surface area contributed by atoms with Gasteiger partial charge in [-0.25, -0.2) is 23.2 Å². The van der Waals surface area contributed by atoms with Crippen molar-refractivity contribution >= 4 is 34.9 Å². The molecule has 0 spiro atoms. The van der Waals surface area contributed by atoms with Gasteiger partial charge in [-0.15, -0.1) is 0 Å². The molecule has 0 saturated carbocycles. The molecule has 0 bridgehead atoms. The smallest absolute Gasteiger partial charge is 0.372 e. The second kappa shape index (κ2) is 12.0. The molecule has 11 heteroatoms. The summed E-state index contributed by atoms with van der Waals surface area (Å²) < 4.78 is 37.7. The maximum Gasteiger partial charge on any atom is 0.372 e. The average molecular weight is 481 g/mol. The predicted octanol–water partition coefficient (Wildman–Crippen LogP) is 4.02. The summed E-state index contributed by atoms with van der Waals surface area (Å²) in [6.07, 6.45) is 0.530. The van der Waals surface area contributed by atoms with Crippen molar-refractivity contribution in [1.29, 1.82) is 0 Å². The van der Waals surface area contributed by atoms with Crippen LogP contribution in [-0.4, -0.2) is 46.7 Å². The molecular formula is C22H21F2NO7S. The number of halogens is 2. The second-order valence-corrected chi connectivity index (χ2v) is 7.68. The van der Waals surface area contributed by atoms with Crippen molar-refractivity contribution in [2.75, 3.05) is 12.4 Å². The molecule has 1 amide bonds. The van der Waals surface area contributed by atoms with Gasteiger partial charge in [0.15, 0.2) is 0 Å². The first-order chi connectivity index (χ1) is 15.6. The first-order valence-corrected chi connectivity index (χ1v) is 10.7. The number of benzene rings is 2. The Morgan fingerprint density at radius 2 is 1.85 bits per heavy atom. The SMILES string of the molecule is CCCOC(=O)c1cc(-c2ccc(F)cc2F)ccc1OC(=O)SCC(NC(C)=O)C(=O)O. The molecule has 8 nitrogen and oxygen atoms in total. The van der Waals surface area contributed by atoms with Gasteiger partial charge >= 0.3 is 17.2 Å². The van der Waals surface area contributed by atoms with Gasteiger partial charge in [0.25, 0.3) is 0 Å². The first kappa shape index (κ1) is 25.8. The number of hydrogen-bond acceptors (Lipinski definition) is 7. The Balaban J connectivity index is 2.27. The Morgan fingerprint density at radius 1 is 1.12 bits per heavy atom. The van der Waals surface area contributed by atoms with Gasteiger partial charge in [0.2, 0.25) is 5.91 Å². The van der Waals surface area contributed by atoms with E-state index in [0.29, 0.717) is 24.2 Å². The number of nitrogens with one attached hydrogen (secondary N) is 1. The van der Waals surface area contributed by atoms with E-state index in [9.17, 15) is 28.0 Å². The number of carboxylic acids is 1. The van der Waals surface area contributed by atoms with E-state index in [0.717, 1.165) is 13.0 Å². The zero-order valence-corrected chi connectivity index (χ0v) is 18.5. The molecule has 2 N–H and O–H groups in total. The van der Waals surface area contributed by atoms with E-state index in [1.165, 1.54) is 24.3 Å². The van der Waals surface area contributed by atoms with Crippen LogP contribution in [-0.2, 0) is 14.3 Å². The van der Waals surface area contributed by atoms with Crippen LogP contribution >= 0.6 is 11.8 Å². The van der Waals surface area contributed by atoms with Crippen LogP contribution in [0.3, 0.4) is 0 Å². The molecule has 1 unspecified atom stereocenters. The predicted molar refractivity (Wildman–Crippen MR) is 116 cm³/mol. The van der Waals surface area contributed by atoms with Gasteiger partial charge in [0, 0.05) is 24.3 Å². The highest BCUT2D eigenvalue weighted by molar-refractivity contribution is 8.13. The van der Waals surface area contributed by atoms with Crippen molar-refractivity contribution in [3.63, 3.8) is 0 Å². The summed E-state index contributed by atoms with van der Waals surface area (Å²) in [5, 5.41) is 10.4. The average Bonchev–Trinajstić information content (AvgIpc) is 2.75. The summed E-state index contributed by atoms with van der Waals surface area (Å²) in [7, 11) is 0. The quantitative estimate of drug-likeness (QED) is 0.516. The molecule has 2 aromatic rings. The highest BCUT2D eigenvalue weighted by Crippen LogP contribution is 2.30. The van der Waals surface area contributed by atoms with Gasteiger partial charge in [-0.05, 0) is 48.0 Å². The summed E-state index contributed by atoms with van der Waals surface area (Å²) in [5.41, 5.74) is 0.0723. The molecule has 0 saturated heterocycles. The van der Waals surface area contributed by atoms with Crippen LogP contribution in [0.25, 0.3) is 11.1 Å². The molecule has 2 rings (SSSR count). The maximum atomic E-state index is 14.2. The van der Waals surface area contributed by atoms with Crippen molar-refractivity contribution in [3.05, 3.63) is 53.6 Å². The topological polar surface area (TPSA) is 119 Å². The standard InChI is InChI=1S/C22H21F2NO7S/c1-3-8-31-21(29)16-9-13(15-6-5-14(23)10-17(15)24)4-7-19(16)32-22(30)33-11-18(20(27)28)25-12(2)26/h4-7,9-10,18H,3,8,11H2,1-2H3,(H,25,26)(H,27,28). The molecule has 0 aliphatic heterocycles. The Labute approximate surface area is 192 Å². The van der Waals surface area contributed by atoms with E-state index in [1.54, 1.807) is 6.92 Å². The molecule has 0 aliphatic rings. The summed E-state index contributed by atoms with van der Waals surface area (Å²) >= 11 is 0.482. The lowest BCUT2D eigenvalue weighted by Gasteiger charge is -2.14. The van der Waals surface area contributed by atoms with Crippen molar-refractivity contribution in [1.82, 2.24) is 5.32 Å². The van der Waals surface area contributed by atoms with Crippen LogP contribution in [0.15, 0.2) is 36.4 Å². The van der Waals surface area contributed by atoms with E-state index in [-0.39, 0.29) is 34.8 Å². The van der Waals surface area contributed by atoms with Gasteiger partial charge in [-0.2, -0.15) is 0 Å². The number of esters is 1. The highest BCUT2D eigenvalue weighted by Gasteiger charge is 2.23. The van der Waals surface area contributed by atoms with Crippen LogP contribution in [0.1, 0.15) is 30.6 Å². The third-order valence-corrected chi connectivity index (χ3v) is 4.93. The Bertz CT molecular complexity index is 1060. The molecule has 33 heavy (non-hydrogen) atoms. The highest BCUT2D eigenvalue weighted by atomic mass is 32.2. The fourth-order valence-electron chi connectivity index (χ4n) is 2.63. The summed E-state index contributed by atoms with van der Waals surface area (Å²) in [6.45, 7) is 3.01. The number of ether oxygens (including phenoxy) is 2. The van der Waals surface area contributed by atoms with Crippen LogP contribution in [0.5, 0.6) is 5.75 Å². The molecule has 0 aromatic heterocycles. The fraction of sp³-hybridized carbons (Fsp3) is 0.273. The molecule has 0 radical (unpaired) electrons. The molecule has 1 atom stereocenters. The summed E-state index contributed by atoms with van der Waals surface area (Å²) in [4.78, 5) is 47.0. The number of carbonyl (C=O) groups is 4. The van der Waals surface area contributed by atoms with Crippen molar-refractivity contribution in [3.8, 4) is 16.9 Å². The van der Waals surface area contributed by atoms with Crippen LogP contribution in [0, 0.1) is 11.6 Å². The van der Waals surface area contributed by atoms with Crippen molar-refractivity contribution < 1.29 is 42.5 Å². The largest absolute Gasteiger partial charge is 0.480 e. The van der Waals surface area contributed by atoms with Crippen LogP contribution < -0.4 is 10.1 Å². The normalized spacial score (nSPS) is 11.4. The number of rotatable bonds is 9. The number of thioether (sulfide) groups is 1. The lowest BCUT2D eigenvalue weighted by Crippen LogP contribution is -2.41. The number of carbonyl (C=O) groups excluding carboxylic acids is 3. The molecule has 176 valence electrons. The lowest BCUT2D eigenvalue weighted by atomic mass is 10.0. The zero-order valence-electron chi connectivity index (χ0n) is 17.7. The van der Waals surface area contributed by atoms with Crippen molar-refractivity contribution in [2.24, 2.45) is 0 Å².